The highest BCUT2D eigenvalue weighted by Crippen LogP contribution is 2.37. The number of hydrogen-bond donors (Lipinski definition) is 0. The summed E-state index contributed by atoms with van der Waals surface area (Å²) in [6.07, 6.45) is 3.38. The van der Waals surface area contributed by atoms with E-state index in [1.54, 1.807) is 24.4 Å². The minimum absolute atomic E-state index is 0.0181. The van der Waals surface area contributed by atoms with Gasteiger partial charge in [0, 0.05) is 12.7 Å². The highest BCUT2D eigenvalue weighted by Gasteiger charge is 2.34. The van der Waals surface area contributed by atoms with E-state index in [0.29, 0.717) is 16.6 Å². The second kappa shape index (κ2) is 7.53. The number of amidine groups is 1. The molecule has 0 saturated carbocycles. The Labute approximate surface area is 151 Å². The summed E-state index contributed by atoms with van der Waals surface area (Å²) in [4.78, 5) is 23.9. The van der Waals surface area contributed by atoms with Gasteiger partial charge in [-0.25, -0.2) is 4.99 Å². The van der Waals surface area contributed by atoms with Crippen molar-refractivity contribution in [3.8, 4) is 5.75 Å². The van der Waals surface area contributed by atoms with E-state index >= 15 is 0 Å². The van der Waals surface area contributed by atoms with E-state index in [4.69, 9.17) is 4.74 Å². The van der Waals surface area contributed by atoms with Gasteiger partial charge in [0.05, 0.1) is 23.9 Å². The lowest BCUT2D eigenvalue weighted by atomic mass is 10.1. The molecular formula is C19H19N3O2S. The van der Waals surface area contributed by atoms with Crippen molar-refractivity contribution in [2.24, 2.45) is 4.99 Å². The van der Waals surface area contributed by atoms with Crippen molar-refractivity contribution in [3.05, 3.63) is 59.3 Å². The van der Waals surface area contributed by atoms with E-state index in [9.17, 15) is 4.79 Å². The molecule has 0 N–H and O–H groups in total. The highest BCUT2D eigenvalue weighted by atomic mass is 32.2. The number of benzene rings is 1. The molecule has 2 heterocycles. The maximum Gasteiger partial charge on any atom is 0.267 e. The minimum atomic E-state index is -0.0181. The van der Waals surface area contributed by atoms with Gasteiger partial charge in [-0.3, -0.25) is 14.7 Å². The number of methoxy groups -OCH3 is 1. The summed E-state index contributed by atoms with van der Waals surface area (Å²) >= 11 is 1.40. The van der Waals surface area contributed by atoms with Crippen LogP contribution >= 0.6 is 11.8 Å². The van der Waals surface area contributed by atoms with Crippen molar-refractivity contribution in [2.75, 3.05) is 13.7 Å². The molecule has 6 heteroatoms. The number of pyridine rings is 1. The quantitative estimate of drug-likeness (QED) is 0.777. The van der Waals surface area contributed by atoms with Crippen molar-refractivity contribution >= 4 is 34.1 Å². The lowest BCUT2D eigenvalue weighted by Crippen LogP contribution is -2.28. The maximum atomic E-state index is 12.8. The van der Waals surface area contributed by atoms with E-state index in [0.717, 1.165) is 22.6 Å². The van der Waals surface area contributed by atoms with Crippen LogP contribution in [0.2, 0.25) is 0 Å². The van der Waals surface area contributed by atoms with Crippen molar-refractivity contribution < 1.29 is 9.53 Å². The number of thioether (sulfide) groups is 1. The number of aliphatic imine (C=N–C) groups is 1. The normalized spacial score (nSPS) is 18.0. The molecular weight excluding hydrogens is 334 g/mol. The molecule has 0 unspecified atom stereocenters. The summed E-state index contributed by atoms with van der Waals surface area (Å²) in [7, 11) is 1.63. The van der Waals surface area contributed by atoms with Gasteiger partial charge in [-0.05, 0) is 61.0 Å². The second-order valence-electron chi connectivity index (χ2n) is 5.44. The van der Waals surface area contributed by atoms with Crippen LogP contribution in [0.15, 0.2) is 58.7 Å². The summed E-state index contributed by atoms with van der Waals surface area (Å²) < 4.78 is 5.28. The first-order valence-electron chi connectivity index (χ1n) is 7.97. The van der Waals surface area contributed by atoms with Crippen LogP contribution in [0.1, 0.15) is 19.4 Å². The van der Waals surface area contributed by atoms with E-state index in [-0.39, 0.29) is 5.91 Å². The fourth-order valence-corrected chi connectivity index (χ4v) is 3.64. The Morgan fingerprint density at radius 3 is 2.84 bits per heavy atom. The third-order valence-electron chi connectivity index (χ3n) is 3.89. The molecule has 2 aromatic rings. The number of rotatable bonds is 4. The van der Waals surface area contributed by atoms with Crippen molar-refractivity contribution in [3.63, 3.8) is 0 Å². The number of amides is 1. The highest BCUT2D eigenvalue weighted by molar-refractivity contribution is 8.18. The standard InChI is InChI=1S/C19H19N3O2S/c1-4-22-18(23)17(13(2)14-7-5-9-16(11-14)24-3)25-19(22)21-15-8-6-10-20-12-15/h5-12H,4H2,1-3H3/b17-13-,21-19?. The first-order chi connectivity index (χ1) is 12.1. The minimum Gasteiger partial charge on any atom is -0.497 e. The van der Waals surface area contributed by atoms with Gasteiger partial charge < -0.3 is 4.74 Å². The SMILES string of the molecule is CCN1C(=O)/C(=C(\C)c2cccc(OC)c2)SC1=Nc1cccnc1. The van der Waals surface area contributed by atoms with Crippen LogP contribution < -0.4 is 4.74 Å². The fourth-order valence-electron chi connectivity index (χ4n) is 2.52. The molecule has 128 valence electrons. The molecule has 1 aromatic heterocycles. The van der Waals surface area contributed by atoms with Gasteiger partial charge >= 0.3 is 0 Å². The topological polar surface area (TPSA) is 54.8 Å². The smallest absolute Gasteiger partial charge is 0.267 e. The molecule has 0 atom stereocenters. The molecule has 0 bridgehead atoms. The molecule has 5 nitrogen and oxygen atoms in total. The number of aromatic nitrogens is 1. The maximum absolute atomic E-state index is 12.8. The molecule has 1 aliphatic rings. The average molecular weight is 353 g/mol. The van der Waals surface area contributed by atoms with Crippen LogP contribution in [0, 0.1) is 0 Å². The third kappa shape index (κ3) is 3.58. The van der Waals surface area contributed by atoms with Crippen LogP contribution in [0.5, 0.6) is 5.75 Å². The lowest BCUT2D eigenvalue weighted by molar-refractivity contribution is -0.122. The first kappa shape index (κ1) is 17.2. The Bertz CT molecular complexity index is 847. The number of likely N-dealkylation sites (N-methyl/N-ethyl adjacent to an activating group) is 1. The zero-order valence-corrected chi connectivity index (χ0v) is 15.2. The number of ether oxygens (including phenoxy) is 1. The molecule has 1 amide bonds. The largest absolute Gasteiger partial charge is 0.497 e. The Kier molecular flexibility index (Phi) is 5.19. The fraction of sp³-hybridized carbons (Fsp3) is 0.211. The summed E-state index contributed by atoms with van der Waals surface area (Å²) in [5.74, 6) is 0.750. The molecule has 1 saturated heterocycles. The van der Waals surface area contributed by atoms with E-state index in [1.807, 2.05) is 50.2 Å². The Balaban J connectivity index is 2.00. The summed E-state index contributed by atoms with van der Waals surface area (Å²) in [5.41, 5.74) is 2.62. The Morgan fingerprint density at radius 1 is 1.32 bits per heavy atom. The van der Waals surface area contributed by atoms with Gasteiger partial charge in [0.25, 0.3) is 5.91 Å². The zero-order valence-electron chi connectivity index (χ0n) is 14.4. The van der Waals surface area contributed by atoms with E-state index in [2.05, 4.69) is 9.98 Å². The van der Waals surface area contributed by atoms with E-state index < -0.39 is 0 Å². The number of nitrogens with zero attached hydrogens (tertiary/aromatic N) is 3. The molecule has 0 aliphatic carbocycles. The van der Waals surface area contributed by atoms with Crippen molar-refractivity contribution in [1.29, 1.82) is 0 Å². The van der Waals surface area contributed by atoms with Gasteiger partial charge in [0.15, 0.2) is 5.17 Å². The molecule has 1 aliphatic heterocycles. The third-order valence-corrected chi connectivity index (χ3v) is 5.07. The summed E-state index contributed by atoms with van der Waals surface area (Å²) in [6.45, 7) is 4.47. The van der Waals surface area contributed by atoms with Gasteiger partial charge in [0.2, 0.25) is 0 Å². The van der Waals surface area contributed by atoms with Crippen LogP contribution in [-0.2, 0) is 4.79 Å². The molecule has 25 heavy (non-hydrogen) atoms. The first-order valence-corrected chi connectivity index (χ1v) is 8.79. The number of allylic oxidation sites excluding steroid dienone is 1. The van der Waals surface area contributed by atoms with Gasteiger partial charge in [-0.2, -0.15) is 0 Å². The Morgan fingerprint density at radius 2 is 2.16 bits per heavy atom. The predicted octanol–water partition coefficient (Wildman–Crippen LogP) is 4.10. The molecule has 1 fully saturated rings. The predicted molar refractivity (Wildman–Crippen MR) is 102 cm³/mol. The number of carbonyl (C=O) groups excluding carboxylic acids is 1. The van der Waals surface area contributed by atoms with Gasteiger partial charge in [-0.1, -0.05) is 12.1 Å². The molecule has 0 spiro atoms. The van der Waals surface area contributed by atoms with Crippen LogP contribution in [-0.4, -0.2) is 34.6 Å². The number of carbonyl (C=O) groups is 1. The summed E-state index contributed by atoms with van der Waals surface area (Å²) in [6, 6.07) is 11.4. The summed E-state index contributed by atoms with van der Waals surface area (Å²) in [5, 5.41) is 0.678. The Hall–Kier alpha value is -2.60. The van der Waals surface area contributed by atoms with Gasteiger partial charge in [0.1, 0.15) is 5.75 Å². The number of hydrogen-bond acceptors (Lipinski definition) is 5. The van der Waals surface area contributed by atoms with Crippen LogP contribution in [0.4, 0.5) is 5.69 Å². The lowest BCUT2D eigenvalue weighted by Gasteiger charge is -2.12. The molecule has 0 radical (unpaired) electrons. The van der Waals surface area contributed by atoms with Crippen LogP contribution in [0.25, 0.3) is 5.57 Å². The van der Waals surface area contributed by atoms with Gasteiger partial charge in [-0.15, -0.1) is 0 Å². The van der Waals surface area contributed by atoms with Crippen molar-refractivity contribution in [2.45, 2.75) is 13.8 Å². The average Bonchev–Trinajstić information content (AvgIpc) is 2.97. The van der Waals surface area contributed by atoms with Crippen molar-refractivity contribution in [1.82, 2.24) is 9.88 Å². The van der Waals surface area contributed by atoms with E-state index in [1.165, 1.54) is 11.8 Å². The molecule has 3 rings (SSSR count). The monoisotopic (exact) mass is 353 g/mol. The van der Waals surface area contributed by atoms with Crippen LogP contribution in [0.3, 0.4) is 0 Å². The zero-order chi connectivity index (χ0) is 17.8. The molecule has 1 aromatic carbocycles. The second-order valence-corrected chi connectivity index (χ2v) is 6.42.